The summed E-state index contributed by atoms with van der Waals surface area (Å²) in [5, 5.41) is 3.61. The Labute approximate surface area is 111 Å². The number of anilines is 2. The molecule has 1 heterocycles. The maximum atomic E-state index is 5.95. The van der Waals surface area contributed by atoms with Crippen molar-refractivity contribution in [2.45, 2.75) is 13.3 Å². The predicted octanol–water partition coefficient (Wildman–Crippen LogP) is 3.44. The maximum Gasteiger partial charge on any atom is 0.142 e. The van der Waals surface area contributed by atoms with Crippen molar-refractivity contribution in [3.63, 3.8) is 0 Å². The maximum absolute atomic E-state index is 5.95. The second-order valence-corrected chi connectivity index (χ2v) is 4.06. The van der Waals surface area contributed by atoms with Crippen LogP contribution in [-0.4, -0.2) is 17.1 Å². The van der Waals surface area contributed by atoms with Gasteiger partial charge in [-0.25, -0.2) is 9.97 Å². The molecule has 0 aliphatic carbocycles. The molecule has 0 atom stereocenters. The van der Waals surface area contributed by atoms with Gasteiger partial charge in [-0.2, -0.15) is 0 Å². The number of aryl methyl sites for hydroxylation is 1. The lowest BCUT2D eigenvalue weighted by atomic mass is 10.3. The summed E-state index contributed by atoms with van der Waals surface area (Å²) in [5.74, 6) is 2.13. The molecule has 18 heavy (non-hydrogen) atoms. The third-order valence-corrected chi connectivity index (χ3v) is 2.62. The van der Waals surface area contributed by atoms with E-state index in [0.29, 0.717) is 16.8 Å². The molecular weight excluding hydrogens is 250 g/mol. The van der Waals surface area contributed by atoms with Gasteiger partial charge in [0.2, 0.25) is 0 Å². The van der Waals surface area contributed by atoms with Gasteiger partial charge in [-0.1, -0.05) is 30.7 Å². The monoisotopic (exact) mass is 263 g/mol. The van der Waals surface area contributed by atoms with Crippen molar-refractivity contribution in [3.8, 4) is 5.75 Å². The molecule has 1 N–H and O–H groups in total. The number of benzene rings is 1. The first-order valence-electron chi connectivity index (χ1n) is 5.66. The normalized spacial score (nSPS) is 10.2. The van der Waals surface area contributed by atoms with Gasteiger partial charge in [0.15, 0.2) is 0 Å². The molecule has 0 spiro atoms. The SMILES string of the molecule is CCc1nc(Cl)cc(Nc2ccccc2OC)n1. The third-order valence-electron chi connectivity index (χ3n) is 2.43. The highest BCUT2D eigenvalue weighted by atomic mass is 35.5. The zero-order valence-corrected chi connectivity index (χ0v) is 11.0. The lowest BCUT2D eigenvalue weighted by Crippen LogP contribution is -2.00. The number of nitrogens with one attached hydrogen (secondary N) is 1. The Bertz CT molecular complexity index is 546. The lowest BCUT2D eigenvalue weighted by Gasteiger charge is -2.10. The molecule has 2 rings (SSSR count). The standard InChI is InChI=1S/C13H14ClN3O/c1-3-12-16-11(14)8-13(17-12)15-9-6-4-5-7-10(9)18-2/h4-8H,3H2,1-2H3,(H,15,16,17). The number of nitrogens with zero attached hydrogens (tertiary/aromatic N) is 2. The smallest absolute Gasteiger partial charge is 0.142 e. The molecule has 5 heteroatoms. The molecule has 0 fully saturated rings. The molecule has 1 aromatic heterocycles. The van der Waals surface area contributed by atoms with E-state index in [1.807, 2.05) is 31.2 Å². The summed E-state index contributed by atoms with van der Waals surface area (Å²) in [6, 6.07) is 9.32. The number of rotatable bonds is 4. The van der Waals surface area contributed by atoms with E-state index < -0.39 is 0 Å². The largest absolute Gasteiger partial charge is 0.495 e. The first-order chi connectivity index (χ1) is 8.72. The average Bonchev–Trinajstić information content (AvgIpc) is 2.38. The van der Waals surface area contributed by atoms with E-state index in [4.69, 9.17) is 16.3 Å². The number of hydrogen-bond acceptors (Lipinski definition) is 4. The van der Waals surface area contributed by atoms with Crippen LogP contribution >= 0.6 is 11.6 Å². The number of methoxy groups -OCH3 is 1. The van der Waals surface area contributed by atoms with Gasteiger partial charge in [0, 0.05) is 12.5 Å². The summed E-state index contributed by atoms with van der Waals surface area (Å²) in [6.07, 6.45) is 0.737. The van der Waals surface area contributed by atoms with E-state index >= 15 is 0 Å². The molecule has 94 valence electrons. The lowest BCUT2D eigenvalue weighted by molar-refractivity contribution is 0.417. The van der Waals surface area contributed by atoms with Gasteiger partial charge in [-0.05, 0) is 12.1 Å². The Morgan fingerprint density at radius 3 is 2.78 bits per heavy atom. The Morgan fingerprint density at radius 2 is 2.06 bits per heavy atom. The van der Waals surface area contributed by atoms with Crippen LogP contribution in [0.1, 0.15) is 12.7 Å². The van der Waals surface area contributed by atoms with Gasteiger partial charge in [-0.3, -0.25) is 0 Å². The number of ether oxygens (including phenoxy) is 1. The summed E-state index contributed by atoms with van der Waals surface area (Å²) < 4.78 is 5.27. The van der Waals surface area contributed by atoms with Crippen molar-refractivity contribution >= 4 is 23.1 Å². The van der Waals surface area contributed by atoms with Crippen LogP contribution in [0.5, 0.6) is 5.75 Å². The fourth-order valence-electron chi connectivity index (χ4n) is 1.57. The van der Waals surface area contributed by atoms with E-state index in [1.165, 1.54) is 0 Å². The number of para-hydroxylation sites is 2. The predicted molar refractivity (Wildman–Crippen MR) is 72.7 cm³/mol. The van der Waals surface area contributed by atoms with Crippen LogP contribution in [0.4, 0.5) is 11.5 Å². The van der Waals surface area contributed by atoms with Crippen LogP contribution in [0, 0.1) is 0 Å². The van der Waals surface area contributed by atoms with Crippen LogP contribution in [0.15, 0.2) is 30.3 Å². The quantitative estimate of drug-likeness (QED) is 0.859. The van der Waals surface area contributed by atoms with Crippen molar-refractivity contribution in [2.24, 2.45) is 0 Å². The van der Waals surface area contributed by atoms with E-state index in [-0.39, 0.29) is 0 Å². The van der Waals surface area contributed by atoms with Gasteiger partial charge >= 0.3 is 0 Å². The van der Waals surface area contributed by atoms with Crippen LogP contribution < -0.4 is 10.1 Å². The zero-order valence-electron chi connectivity index (χ0n) is 10.3. The number of halogens is 1. The summed E-state index contributed by atoms with van der Waals surface area (Å²) in [7, 11) is 1.63. The van der Waals surface area contributed by atoms with Crippen molar-refractivity contribution < 1.29 is 4.74 Å². The Kier molecular flexibility index (Phi) is 3.99. The number of aromatic nitrogens is 2. The molecule has 0 unspecified atom stereocenters. The van der Waals surface area contributed by atoms with Gasteiger partial charge in [0.05, 0.1) is 12.8 Å². The minimum Gasteiger partial charge on any atom is -0.495 e. The molecular formula is C13H14ClN3O. The Hall–Kier alpha value is -1.81. The summed E-state index contributed by atoms with van der Waals surface area (Å²) in [4.78, 5) is 8.48. The fraction of sp³-hybridized carbons (Fsp3) is 0.231. The number of hydrogen-bond donors (Lipinski definition) is 1. The van der Waals surface area contributed by atoms with Gasteiger partial charge in [-0.15, -0.1) is 0 Å². The van der Waals surface area contributed by atoms with Gasteiger partial charge in [0.25, 0.3) is 0 Å². The van der Waals surface area contributed by atoms with Crippen molar-refractivity contribution in [1.29, 1.82) is 0 Å². The van der Waals surface area contributed by atoms with Crippen molar-refractivity contribution in [1.82, 2.24) is 9.97 Å². The molecule has 0 aliphatic rings. The molecule has 0 radical (unpaired) electrons. The van der Waals surface area contributed by atoms with Crippen LogP contribution in [-0.2, 0) is 6.42 Å². The van der Waals surface area contributed by atoms with Gasteiger partial charge < -0.3 is 10.1 Å². The molecule has 0 amide bonds. The molecule has 4 nitrogen and oxygen atoms in total. The minimum absolute atomic E-state index is 0.430. The molecule has 1 aromatic carbocycles. The van der Waals surface area contributed by atoms with Crippen LogP contribution in [0.2, 0.25) is 5.15 Å². The van der Waals surface area contributed by atoms with Crippen LogP contribution in [0.25, 0.3) is 0 Å². The van der Waals surface area contributed by atoms with Crippen molar-refractivity contribution in [2.75, 3.05) is 12.4 Å². The topological polar surface area (TPSA) is 47.0 Å². The Morgan fingerprint density at radius 1 is 1.28 bits per heavy atom. The summed E-state index contributed by atoms with van der Waals surface area (Å²) >= 11 is 5.95. The molecule has 0 saturated heterocycles. The molecule has 0 saturated carbocycles. The first kappa shape index (κ1) is 12.6. The van der Waals surface area contributed by atoms with Crippen LogP contribution in [0.3, 0.4) is 0 Å². The molecule has 0 bridgehead atoms. The van der Waals surface area contributed by atoms with E-state index in [9.17, 15) is 0 Å². The minimum atomic E-state index is 0.430. The summed E-state index contributed by atoms with van der Waals surface area (Å²) in [5.41, 5.74) is 0.844. The highest BCUT2D eigenvalue weighted by Crippen LogP contribution is 2.26. The second kappa shape index (κ2) is 5.69. The fourth-order valence-corrected chi connectivity index (χ4v) is 1.77. The van der Waals surface area contributed by atoms with Gasteiger partial charge in [0.1, 0.15) is 22.5 Å². The molecule has 2 aromatic rings. The van der Waals surface area contributed by atoms with E-state index in [0.717, 1.165) is 17.9 Å². The zero-order chi connectivity index (χ0) is 13.0. The molecule has 0 aliphatic heterocycles. The Balaban J connectivity index is 2.30. The second-order valence-electron chi connectivity index (χ2n) is 3.67. The highest BCUT2D eigenvalue weighted by molar-refractivity contribution is 6.29. The average molecular weight is 264 g/mol. The third kappa shape index (κ3) is 2.90. The summed E-state index contributed by atoms with van der Waals surface area (Å²) in [6.45, 7) is 1.98. The van der Waals surface area contributed by atoms with Crippen molar-refractivity contribution in [3.05, 3.63) is 41.3 Å². The first-order valence-corrected chi connectivity index (χ1v) is 6.04. The highest BCUT2D eigenvalue weighted by Gasteiger charge is 2.05. The van der Waals surface area contributed by atoms with E-state index in [2.05, 4.69) is 15.3 Å². The van der Waals surface area contributed by atoms with E-state index in [1.54, 1.807) is 13.2 Å².